The maximum atomic E-state index is 13.0. The van der Waals surface area contributed by atoms with Gasteiger partial charge in [0.05, 0.1) is 4.90 Å². The van der Waals surface area contributed by atoms with Crippen LogP contribution in [0.25, 0.3) is 0 Å². The van der Waals surface area contributed by atoms with Gasteiger partial charge in [-0.15, -0.1) is 0 Å². The highest BCUT2D eigenvalue weighted by molar-refractivity contribution is 7.89. The number of carbonyl (C=O) groups excluding carboxylic acids is 1. The summed E-state index contributed by atoms with van der Waals surface area (Å²) in [5.41, 5.74) is 0. The van der Waals surface area contributed by atoms with Crippen LogP contribution in [0.1, 0.15) is 38.5 Å². The Morgan fingerprint density at radius 2 is 1.64 bits per heavy atom. The highest BCUT2D eigenvalue weighted by atomic mass is 32.2. The predicted molar refractivity (Wildman–Crippen MR) is 92.9 cm³/mol. The van der Waals surface area contributed by atoms with E-state index in [1.807, 2.05) is 4.90 Å². The molecule has 3 rings (SSSR count). The third kappa shape index (κ3) is 4.39. The molecule has 0 aliphatic carbocycles. The highest BCUT2D eigenvalue weighted by Crippen LogP contribution is 2.27. The van der Waals surface area contributed by atoms with Crippen molar-refractivity contribution in [2.45, 2.75) is 43.4 Å². The Morgan fingerprint density at radius 3 is 2.24 bits per heavy atom. The molecule has 0 bridgehead atoms. The van der Waals surface area contributed by atoms with Crippen molar-refractivity contribution in [2.75, 3.05) is 26.2 Å². The summed E-state index contributed by atoms with van der Waals surface area (Å²) in [6.07, 6.45) is 5.15. The molecule has 2 heterocycles. The van der Waals surface area contributed by atoms with Crippen LogP contribution in [0.3, 0.4) is 0 Å². The third-order valence-electron chi connectivity index (χ3n) is 5.25. The van der Waals surface area contributed by atoms with Gasteiger partial charge in [-0.3, -0.25) is 4.79 Å². The van der Waals surface area contributed by atoms with Crippen LogP contribution >= 0.6 is 0 Å². The quantitative estimate of drug-likeness (QED) is 0.803. The molecule has 0 spiro atoms. The number of hydrogen-bond acceptors (Lipinski definition) is 3. The van der Waals surface area contributed by atoms with Crippen molar-refractivity contribution in [1.29, 1.82) is 0 Å². The van der Waals surface area contributed by atoms with Crippen LogP contribution in [-0.4, -0.2) is 49.7 Å². The summed E-state index contributed by atoms with van der Waals surface area (Å²) in [5.74, 6) is 0.186. The van der Waals surface area contributed by atoms with Crippen LogP contribution in [0.5, 0.6) is 0 Å². The lowest BCUT2D eigenvalue weighted by molar-refractivity contribution is -0.130. The van der Waals surface area contributed by atoms with Gasteiger partial charge in [0, 0.05) is 32.6 Å². The molecule has 1 aromatic rings. The molecule has 138 valence electrons. The van der Waals surface area contributed by atoms with E-state index in [2.05, 4.69) is 0 Å². The lowest BCUT2D eigenvalue weighted by Gasteiger charge is -2.31. The van der Waals surface area contributed by atoms with E-state index in [0.29, 0.717) is 25.4 Å². The smallest absolute Gasteiger partial charge is 0.243 e. The molecule has 0 atom stereocenters. The molecule has 25 heavy (non-hydrogen) atoms. The number of carbonyl (C=O) groups is 1. The van der Waals surface area contributed by atoms with Crippen LogP contribution in [0.2, 0.25) is 0 Å². The van der Waals surface area contributed by atoms with Gasteiger partial charge in [-0.05, 0) is 62.3 Å². The largest absolute Gasteiger partial charge is 0.343 e. The molecule has 0 N–H and O–H groups in total. The molecule has 0 radical (unpaired) electrons. The van der Waals surface area contributed by atoms with Crippen LogP contribution in [0, 0.1) is 11.7 Å². The second-order valence-corrected chi connectivity index (χ2v) is 8.87. The Bertz CT molecular complexity index is 692. The second kappa shape index (κ2) is 7.83. The summed E-state index contributed by atoms with van der Waals surface area (Å²) in [4.78, 5) is 14.2. The van der Waals surface area contributed by atoms with Gasteiger partial charge in [0.25, 0.3) is 0 Å². The van der Waals surface area contributed by atoms with Crippen molar-refractivity contribution in [3.8, 4) is 0 Å². The zero-order valence-electron chi connectivity index (χ0n) is 14.4. The Labute approximate surface area is 148 Å². The zero-order valence-corrected chi connectivity index (χ0v) is 15.2. The Morgan fingerprint density at radius 1 is 1.04 bits per heavy atom. The fourth-order valence-corrected chi connectivity index (χ4v) is 5.12. The van der Waals surface area contributed by atoms with Crippen molar-refractivity contribution in [1.82, 2.24) is 9.21 Å². The first-order valence-electron chi connectivity index (χ1n) is 9.00. The standard InChI is InChI=1S/C18H25FN2O3S/c19-16-4-6-17(7-5-16)25(23,24)21-13-9-15(10-14-21)3-8-18(22)20-11-1-2-12-20/h4-7,15H,1-3,8-14H2. The van der Waals surface area contributed by atoms with E-state index in [9.17, 15) is 17.6 Å². The number of piperidine rings is 1. The van der Waals surface area contributed by atoms with E-state index in [1.54, 1.807) is 0 Å². The van der Waals surface area contributed by atoms with Crippen LogP contribution in [-0.2, 0) is 14.8 Å². The Balaban J connectivity index is 1.49. The summed E-state index contributed by atoms with van der Waals surface area (Å²) in [5, 5.41) is 0. The minimum atomic E-state index is -3.56. The van der Waals surface area contributed by atoms with E-state index in [-0.39, 0.29) is 10.8 Å². The number of amides is 1. The third-order valence-corrected chi connectivity index (χ3v) is 7.16. The van der Waals surface area contributed by atoms with Crippen LogP contribution < -0.4 is 0 Å². The predicted octanol–water partition coefficient (Wildman–Crippen LogP) is 2.63. The maximum absolute atomic E-state index is 13.0. The average Bonchev–Trinajstić information content (AvgIpc) is 3.15. The lowest BCUT2D eigenvalue weighted by Crippen LogP contribution is -2.38. The highest BCUT2D eigenvalue weighted by Gasteiger charge is 2.30. The first-order chi connectivity index (χ1) is 12.0. The zero-order chi connectivity index (χ0) is 17.9. The Hall–Kier alpha value is -1.47. The first-order valence-corrected chi connectivity index (χ1v) is 10.4. The second-order valence-electron chi connectivity index (χ2n) is 6.93. The molecule has 0 aromatic heterocycles. The van der Waals surface area contributed by atoms with Crippen molar-refractivity contribution in [3.05, 3.63) is 30.1 Å². The van der Waals surface area contributed by atoms with E-state index >= 15 is 0 Å². The molecule has 2 aliphatic heterocycles. The van der Waals surface area contributed by atoms with Crippen LogP contribution in [0.15, 0.2) is 29.2 Å². The molecular formula is C18H25FN2O3S. The molecule has 2 fully saturated rings. The van der Waals surface area contributed by atoms with Crippen molar-refractivity contribution < 1.29 is 17.6 Å². The van der Waals surface area contributed by atoms with E-state index in [4.69, 9.17) is 0 Å². The number of sulfonamides is 1. The molecule has 7 heteroatoms. The minimum absolute atomic E-state index is 0.136. The fourth-order valence-electron chi connectivity index (χ4n) is 3.65. The fraction of sp³-hybridized carbons (Fsp3) is 0.611. The van der Waals surface area contributed by atoms with Crippen LogP contribution in [0.4, 0.5) is 4.39 Å². The molecule has 1 amide bonds. The number of rotatable bonds is 5. The summed E-state index contributed by atoms with van der Waals surface area (Å²) in [7, 11) is -3.56. The van der Waals surface area contributed by atoms with Gasteiger partial charge in [-0.2, -0.15) is 4.31 Å². The number of halogens is 1. The molecule has 5 nitrogen and oxygen atoms in total. The van der Waals surface area contributed by atoms with E-state index < -0.39 is 15.8 Å². The van der Waals surface area contributed by atoms with Crippen molar-refractivity contribution >= 4 is 15.9 Å². The summed E-state index contributed by atoms with van der Waals surface area (Å²) >= 11 is 0. The lowest BCUT2D eigenvalue weighted by atomic mass is 9.93. The van der Waals surface area contributed by atoms with Gasteiger partial charge in [0.1, 0.15) is 5.82 Å². The molecule has 1 aromatic carbocycles. The van der Waals surface area contributed by atoms with Gasteiger partial charge in [0.15, 0.2) is 0 Å². The van der Waals surface area contributed by atoms with Gasteiger partial charge in [0.2, 0.25) is 15.9 Å². The first kappa shape index (κ1) is 18.3. The molecule has 2 saturated heterocycles. The molecule has 0 unspecified atom stereocenters. The van der Waals surface area contributed by atoms with Crippen molar-refractivity contribution in [3.63, 3.8) is 0 Å². The number of likely N-dealkylation sites (tertiary alicyclic amines) is 1. The summed E-state index contributed by atoms with van der Waals surface area (Å²) in [6, 6.07) is 4.96. The number of nitrogens with zero attached hydrogens (tertiary/aromatic N) is 2. The minimum Gasteiger partial charge on any atom is -0.343 e. The summed E-state index contributed by atoms with van der Waals surface area (Å²) < 4.78 is 39.6. The molecule has 2 aliphatic rings. The Kier molecular flexibility index (Phi) is 5.74. The van der Waals surface area contributed by atoms with Crippen molar-refractivity contribution in [2.24, 2.45) is 5.92 Å². The van der Waals surface area contributed by atoms with E-state index in [1.165, 1.54) is 28.6 Å². The van der Waals surface area contributed by atoms with Gasteiger partial charge in [-0.25, -0.2) is 12.8 Å². The molecular weight excluding hydrogens is 343 g/mol. The SMILES string of the molecule is O=C(CCC1CCN(S(=O)(=O)c2ccc(F)cc2)CC1)N1CCCC1. The van der Waals surface area contributed by atoms with Gasteiger partial charge >= 0.3 is 0 Å². The summed E-state index contributed by atoms with van der Waals surface area (Å²) in [6.45, 7) is 2.69. The van der Waals surface area contributed by atoms with Gasteiger partial charge in [-0.1, -0.05) is 0 Å². The topological polar surface area (TPSA) is 57.7 Å². The number of benzene rings is 1. The molecule has 0 saturated carbocycles. The van der Waals surface area contributed by atoms with E-state index in [0.717, 1.165) is 45.2 Å². The maximum Gasteiger partial charge on any atom is 0.243 e. The normalized spacial score (nSPS) is 20.1. The van der Waals surface area contributed by atoms with Gasteiger partial charge < -0.3 is 4.90 Å². The average molecular weight is 368 g/mol. The monoisotopic (exact) mass is 368 g/mol. The number of hydrogen-bond donors (Lipinski definition) is 0.